The third-order valence-corrected chi connectivity index (χ3v) is 4.31. The van der Waals surface area contributed by atoms with Crippen molar-refractivity contribution < 1.29 is 9.21 Å². The van der Waals surface area contributed by atoms with Crippen molar-refractivity contribution in [2.45, 2.75) is 38.1 Å². The number of aromatic nitrogens is 2. The second-order valence-corrected chi connectivity index (χ2v) is 6.12. The molecular formula is C13H18N4O2. The van der Waals surface area contributed by atoms with Crippen molar-refractivity contribution in [2.24, 2.45) is 11.8 Å². The molecule has 2 atom stereocenters. The molecule has 6 nitrogen and oxygen atoms in total. The highest BCUT2D eigenvalue weighted by atomic mass is 16.4. The van der Waals surface area contributed by atoms with Gasteiger partial charge < -0.3 is 14.6 Å². The highest BCUT2D eigenvalue weighted by Crippen LogP contribution is 2.41. The summed E-state index contributed by atoms with van der Waals surface area (Å²) in [5.41, 5.74) is 0. The standard InChI is InChI=1S/C13H18N4O2/c1-7-4-10(7)12(18)17-5-9(6-17)14-13-16-15-11(19-13)8-2-3-8/h7-10H,2-6H2,1H3,(H,14,16)/t7-,10-/m1/s1. The van der Waals surface area contributed by atoms with E-state index in [0.29, 0.717) is 23.8 Å². The number of amides is 1. The normalized spacial score (nSPS) is 30.1. The van der Waals surface area contributed by atoms with Gasteiger partial charge in [-0.3, -0.25) is 4.79 Å². The average Bonchev–Trinajstić information content (AvgIpc) is 3.25. The molecule has 102 valence electrons. The summed E-state index contributed by atoms with van der Waals surface area (Å²) in [7, 11) is 0. The minimum Gasteiger partial charge on any atom is -0.408 e. The maximum Gasteiger partial charge on any atom is 0.315 e. The predicted molar refractivity (Wildman–Crippen MR) is 67.5 cm³/mol. The molecule has 0 bridgehead atoms. The van der Waals surface area contributed by atoms with Gasteiger partial charge >= 0.3 is 6.01 Å². The summed E-state index contributed by atoms with van der Waals surface area (Å²) in [5, 5.41) is 11.2. The van der Waals surface area contributed by atoms with Gasteiger partial charge in [0.15, 0.2) is 0 Å². The van der Waals surface area contributed by atoms with Crippen LogP contribution in [0.3, 0.4) is 0 Å². The van der Waals surface area contributed by atoms with E-state index >= 15 is 0 Å². The van der Waals surface area contributed by atoms with Crippen molar-refractivity contribution in [3.05, 3.63) is 5.89 Å². The number of rotatable bonds is 4. The van der Waals surface area contributed by atoms with Gasteiger partial charge in [0.05, 0.1) is 6.04 Å². The summed E-state index contributed by atoms with van der Waals surface area (Å²) in [6, 6.07) is 0.754. The zero-order valence-corrected chi connectivity index (χ0v) is 11.0. The lowest BCUT2D eigenvalue weighted by Crippen LogP contribution is -2.57. The Balaban J connectivity index is 1.27. The summed E-state index contributed by atoms with van der Waals surface area (Å²) in [4.78, 5) is 13.9. The van der Waals surface area contributed by atoms with Crippen LogP contribution in [0.5, 0.6) is 0 Å². The zero-order valence-electron chi connectivity index (χ0n) is 11.0. The Hall–Kier alpha value is -1.59. The SMILES string of the molecule is C[C@@H]1C[C@H]1C(=O)N1CC(Nc2nnc(C3CC3)o2)C1. The molecule has 0 radical (unpaired) electrons. The Morgan fingerprint density at radius 3 is 2.74 bits per heavy atom. The molecule has 1 saturated heterocycles. The quantitative estimate of drug-likeness (QED) is 0.883. The van der Waals surface area contributed by atoms with Gasteiger partial charge in [0.25, 0.3) is 0 Å². The van der Waals surface area contributed by atoms with Crippen molar-refractivity contribution in [3.63, 3.8) is 0 Å². The molecule has 3 fully saturated rings. The molecule has 0 aromatic carbocycles. The first-order valence-electron chi connectivity index (χ1n) is 7.09. The lowest BCUT2D eigenvalue weighted by molar-refractivity contribution is -0.136. The van der Waals surface area contributed by atoms with Gasteiger partial charge in [-0.1, -0.05) is 12.0 Å². The molecule has 4 rings (SSSR count). The number of likely N-dealkylation sites (tertiary alicyclic amines) is 1. The number of carbonyl (C=O) groups is 1. The Kier molecular flexibility index (Phi) is 2.34. The lowest BCUT2D eigenvalue weighted by Gasteiger charge is -2.39. The molecule has 2 aliphatic carbocycles. The van der Waals surface area contributed by atoms with E-state index in [1.54, 1.807) is 0 Å². The van der Waals surface area contributed by atoms with Crippen LogP contribution < -0.4 is 5.32 Å². The number of hydrogen-bond donors (Lipinski definition) is 1. The van der Waals surface area contributed by atoms with Crippen LogP contribution in [0, 0.1) is 11.8 Å². The van der Waals surface area contributed by atoms with Crippen molar-refractivity contribution in [3.8, 4) is 0 Å². The maximum absolute atomic E-state index is 11.9. The third kappa shape index (κ3) is 2.09. The second kappa shape index (κ2) is 3.95. The number of hydrogen-bond acceptors (Lipinski definition) is 5. The van der Waals surface area contributed by atoms with Crippen LogP contribution in [0.1, 0.15) is 38.0 Å². The molecule has 1 amide bonds. The summed E-state index contributed by atoms with van der Waals surface area (Å²) in [6.45, 7) is 3.64. The summed E-state index contributed by atoms with van der Waals surface area (Å²) in [5.74, 6) is 2.41. The minimum atomic E-state index is 0.255. The van der Waals surface area contributed by atoms with Gasteiger partial charge in [-0.25, -0.2) is 0 Å². The van der Waals surface area contributed by atoms with Gasteiger partial charge in [-0.15, -0.1) is 5.10 Å². The lowest BCUT2D eigenvalue weighted by atomic mass is 10.1. The minimum absolute atomic E-state index is 0.255. The van der Waals surface area contributed by atoms with E-state index in [-0.39, 0.29) is 12.0 Å². The second-order valence-electron chi connectivity index (χ2n) is 6.12. The molecule has 1 N–H and O–H groups in total. The monoisotopic (exact) mass is 262 g/mol. The Bertz CT molecular complexity index is 504. The van der Waals surface area contributed by atoms with Gasteiger partial charge in [0, 0.05) is 24.9 Å². The number of nitrogens with one attached hydrogen (secondary N) is 1. The molecule has 1 aromatic rings. The Morgan fingerprint density at radius 1 is 1.37 bits per heavy atom. The molecule has 2 saturated carbocycles. The highest BCUT2D eigenvalue weighted by molar-refractivity contribution is 5.82. The molecule has 3 aliphatic rings. The molecule has 2 heterocycles. The average molecular weight is 262 g/mol. The van der Waals surface area contributed by atoms with Crippen LogP contribution in [0.15, 0.2) is 4.42 Å². The molecule has 0 unspecified atom stereocenters. The number of nitrogens with zero attached hydrogens (tertiary/aromatic N) is 3. The van der Waals surface area contributed by atoms with Crippen LogP contribution in [0.25, 0.3) is 0 Å². The van der Waals surface area contributed by atoms with E-state index in [0.717, 1.165) is 38.2 Å². The molecule has 0 spiro atoms. The molecule has 6 heteroatoms. The Labute approximate surface area is 111 Å². The van der Waals surface area contributed by atoms with Crippen LogP contribution in [-0.2, 0) is 4.79 Å². The van der Waals surface area contributed by atoms with E-state index in [1.807, 2.05) is 4.90 Å². The van der Waals surface area contributed by atoms with Crippen molar-refractivity contribution >= 4 is 11.9 Å². The predicted octanol–water partition coefficient (Wildman–Crippen LogP) is 1.23. The summed E-state index contributed by atoms with van der Waals surface area (Å²) >= 11 is 0. The largest absolute Gasteiger partial charge is 0.408 e. The molecular weight excluding hydrogens is 244 g/mol. The fourth-order valence-electron chi connectivity index (χ4n) is 2.61. The smallest absolute Gasteiger partial charge is 0.315 e. The first kappa shape index (κ1) is 11.3. The van der Waals surface area contributed by atoms with E-state index in [1.165, 1.54) is 0 Å². The third-order valence-electron chi connectivity index (χ3n) is 4.31. The molecule has 19 heavy (non-hydrogen) atoms. The van der Waals surface area contributed by atoms with Crippen LogP contribution in [0.4, 0.5) is 6.01 Å². The fraction of sp³-hybridized carbons (Fsp3) is 0.769. The first-order valence-corrected chi connectivity index (χ1v) is 7.09. The number of carbonyl (C=O) groups excluding carboxylic acids is 1. The van der Waals surface area contributed by atoms with Crippen molar-refractivity contribution in [1.29, 1.82) is 0 Å². The van der Waals surface area contributed by atoms with Gasteiger partial charge in [-0.2, -0.15) is 0 Å². The number of anilines is 1. The summed E-state index contributed by atoms with van der Waals surface area (Å²) in [6.07, 6.45) is 3.38. The highest BCUT2D eigenvalue weighted by Gasteiger charge is 2.44. The van der Waals surface area contributed by atoms with Crippen molar-refractivity contribution in [1.82, 2.24) is 15.1 Å². The van der Waals surface area contributed by atoms with Gasteiger partial charge in [0.2, 0.25) is 11.8 Å². The molecule has 1 aromatic heterocycles. The first-order chi connectivity index (χ1) is 9.20. The Morgan fingerprint density at radius 2 is 2.11 bits per heavy atom. The fourth-order valence-corrected chi connectivity index (χ4v) is 2.61. The van der Waals surface area contributed by atoms with Gasteiger partial charge in [0.1, 0.15) is 0 Å². The van der Waals surface area contributed by atoms with E-state index in [2.05, 4.69) is 22.4 Å². The van der Waals surface area contributed by atoms with Crippen LogP contribution >= 0.6 is 0 Å². The van der Waals surface area contributed by atoms with E-state index in [4.69, 9.17) is 4.42 Å². The maximum atomic E-state index is 11.9. The van der Waals surface area contributed by atoms with Gasteiger partial charge in [-0.05, 0) is 25.2 Å². The van der Waals surface area contributed by atoms with Crippen LogP contribution in [0.2, 0.25) is 0 Å². The zero-order chi connectivity index (χ0) is 13.0. The van der Waals surface area contributed by atoms with E-state index in [9.17, 15) is 4.79 Å². The molecule has 1 aliphatic heterocycles. The topological polar surface area (TPSA) is 71.3 Å². The summed E-state index contributed by atoms with van der Waals surface area (Å²) < 4.78 is 5.55. The van der Waals surface area contributed by atoms with E-state index < -0.39 is 0 Å². The van der Waals surface area contributed by atoms with Crippen LogP contribution in [-0.4, -0.2) is 40.1 Å². The van der Waals surface area contributed by atoms with Crippen molar-refractivity contribution in [2.75, 3.05) is 18.4 Å².